The number of rotatable bonds is 11. The van der Waals surface area contributed by atoms with Crippen molar-refractivity contribution < 1.29 is 0 Å². The fraction of sp³-hybridized carbons (Fsp3) is 1.00. The van der Waals surface area contributed by atoms with Gasteiger partial charge in [-0.15, -0.1) is 0 Å². The van der Waals surface area contributed by atoms with Crippen LogP contribution in [0, 0.1) is 0 Å². The van der Waals surface area contributed by atoms with E-state index in [1.54, 1.807) is 0 Å². The van der Waals surface area contributed by atoms with Gasteiger partial charge in [0.1, 0.15) is 0 Å². The van der Waals surface area contributed by atoms with E-state index in [0.29, 0.717) is 0 Å². The van der Waals surface area contributed by atoms with Gasteiger partial charge in [0.05, 0.1) is 0 Å². The normalized spacial score (nSPS) is 9.88. The first kappa shape index (κ1) is 19.3. The Morgan fingerprint density at radius 3 is 1.18 bits per heavy atom. The van der Waals surface area contributed by atoms with Crippen molar-refractivity contribution >= 4 is 0 Å². The zero-order chi connectivity index (χ0) is 13.2. The third-order valence-corrected chi connectivity index (χ3v) is 2.91. The second kappa shape index (κ2) is 21.3. The van der Waals surface area contributed by atoms with Crippen molar-refractivity contribution in [3.8, 4) is 0 Å². The number of nitrogens with one attached hydrogen (secondary N) is 1. The predicted molar refractivity (Wildman–Crippen MR) is 81.7 cm³/mol. The van der Waals surface area contributed by atoms with E-state index in [0.717, 1.165) is 0 Å². The Hall–Kier alpha value is -0.0400. The van der Waals surface area contributed by atoms with Crippen LogP contribution in [0.15, 0.2) is 0 Å². The quantitative estimate of drug-likeness (QED) is 0.470. The number of hydrogen-bond donors (Lipinski definition) is 1. The van der Waals surface area contributed by atoms with Crippen molar-refractivity contribution in [2.45, 2.75) is 91.9 Å². The summed E-state index contributed by atoms with van der Waals surface area (Å²) >= 11 is 0. The number of hydrogen-bond acceptors (Lipinski definition) is 1. The summed E-state index contributed by atoms with van der Waals surface area (Å²) in [6.45, 7) is 11.3. The molecular weight excluding hydrogens is 206 g/mol. The lowest BCUT2D eigenvalue weighted by Gasteiger charge is -2.03. The van der Waals surface area contributed by atoms with Crippen molar-refractivity contribution in [1.82, 2.24) is 5.32 Å². The topological polar surface area (TPSA) is 12.0 Å². The van der Waals surface area contributed by atoms with Crippen LogP contribution in [-0.2, 0) is 0 Å². The molecule has 0 aromatic carbocycles. The lowest BCUT2D eigenvalue weighted by atomic mass is 10.2. The highest BCUT2D eigenvalue weighted by Gasteiger charge is 1.89. The smallest absolute Gasteiger partial charge is 0.00489 e. The molecule has 1 N–H and O–H groups in total. The molecule has 0 fully saturated rings. The second-order valence-corrected chi connectivity index (χ2v) is 4.87. The highest BCUT2D eigenvalue weighted by atomic mass is 14.8. The summed E-state index contributed by atoms with van der Waals surface area (Å²) in [5.41, 5.74) is 0. The first-order valence-electron chi connectivity index (χ1n) is 8.04. The SMILES string of the molecule is CCCC.CCCCCCNCCCCCC. The zero-order valence-electron chi connectivity index (χ0n) is 13.0. The molecule has 1 nitrogen and oxygen atoms in total. The first-order valence-corrected chi connectivity index (χ1v) is 8.04. The molecule has 1 heteroatoms. The summed E-state index contributed by atoms with van der Waals surface area (Å²) < 4.78 is 0. The van der Waals surface area contributed by atoms with E-state index in [4.69, 9.17) is 0 Å². The third-order valence-electron chi connectivity index (χ3n) is 2.91. The lowest BCUT2D eigenvalue weighted by molar-refractivity contribution is 0.564. The summed E-state index contributed by atoms with van der Waals surface area (Å²) in [4.78, 5) is 0. The average Bonchev–Trinajstić information content (AvgIpc) is 2.37. The van der Waals surface area contributed by atoms with Crippen LogP contribution in [-0.4, -0.2) is 13.1 Å². The van der Waals surface area contributed by atoms with Gasteiger partial charge >= 0.3 is 0 Å². The molecule has 0 aliphatic carbocycles. The van der Waals surface area contributed by atoms with E-state index in [9.17, 15) is 0 Å². The Balaban J connectivity index is 0. The predicted octanol–water partition coefficient (Wildman–Crippen LogP) is 5.54. The molecule has 0 aromatic heterocycles. The molecular formula is C16H37N. The minimum atomic E-state index is 1.23. The molecule has 0 bridgehead atoms. The maximum atomic E-state index is 3.50. The van der Waals surface area contributed by atoms with Crippen molar-refractivity contribution in [1.29, 1.82) is 0 Å². The van der Waals surface area contributed by atoms with E-state index in [2.05, 4.69) is 33.0 Å². The Labute approximate surface area is 111 Å². The largest absolute Gasteiger partial charge is 0.317 e. The molecule has 0 aliphatic rings. The molecule has 0 radical (unpaired) electrons. The molecule has 0 saturated carbocycles. The summed E-state index contributed by atoms with van der Waals surface area (Å²) in [6, 6.07) is 0. The monoisotopic (exact) mass is 243 g/mol. The van der Waals surface area contributed by atoms with Gasteiger partial charge in [-0.05, 0) is 25.9 Å². The molecule has 0 spiro atoms. The van der Waals surface area contributed by atoms with Gasteiger partial charge in [0.25, 0.3) is 0 Å². The standard InChI is InChI=1S/C12H27N.C4H10/c1-3-5-7-9-11-13-12-10-8-6-4-2;1-3-4-2/h13H,3-12H2,1-2H3;3-4H2,1-2H3. The van der Waals surface area contributed by atoms with Crippen LogP contribution < -0.4 is 5.32 Å². The summed E-state index contributed by atoms with van der Waals surface area (Å²) in [6.07, 6.45) is 13.7. The highest BCUT2D eigenvalue weighted by Crippen LogP contribution is 1.98. The van der Waals surface area contributed by atoms with E-state index >= 15 is 0 Å². The van der Waals surface area contributed by atoms with Crippen molar-refractivity contribution in [2.75, 3.05) is 13.1 Å². The van der Waals surface area contributed by atoms with Crippen molar-refractivity contribution in [3.05, 3.63) is 0 Å². The Morgan fingerprint density at radius 2 is 0.882 bits per heavy atom. The molecule has 0 heterocycles. The molecule has 17 heavy (non-hydrogen) atoms. The summed E-state index contributed by atoms with van der Waals surface area (Å²) in [5.74, 6) is 0. The van der Waals surface area contributed by atoms with Crippen molar-refractivity contribution in [2.24, 2.45) is 0 Å². The molecule has 0 saturated heterocycles. The van der Waals surface area contributed by atoms with Crippen LogP contribution in [0.1, 0.15) is 91.9 Å². The fourth-order valence-electron chi connectivity index (χ4n) is 1.48. The van der Waals surface area contributed by atoms with Crippen LogP contribution in [0.5, 0.6) is 0 Å². The first-order chi connectivity index (χ1) is 8.33. The third kappa shape index (κ3) is 25.9. The van der Waals surface area contributed by atoms with Crippen LogP contribution >= 0.6 is 0 Å². The molecule has 0 rings (SSSR count). The van der Waals surface area contributed by atoms with Crippen LogP contribution in [0.3, 0.4) is 0 Å². The van der Waals surface area contributed by atoms with Gasteiger partial charge in [-0.3, -0.25) is 0 Å². The van der Waals surface area contributed by atoms with Gasteiger partial charge in [-0.1, -0.05) is 79.1 Å². The van der Waals surface area contributed by atoms with Crippen LogP contribution in [0.4, 0.5) is 0 Å². The van der Waals surface area contributed by atoms with E-state index in [1.165, 1.54) is 77.3 Å². The molecule has 106 valence electrons. The fourth-order valence-corrected chi connectivity index (χ4v) is 1.48. The van der Waals surface area contributed by atoms with Gasteiger partial charge < -0.3 is 5.32 Å². The van der Waals surface area contributed by atoms with Gasteiger partial charge in [-0.25, -0.2) is 0 Å². The van der Waals surface area contributed by atoms with E-state index in [1.807, 2.05) is 0 Å². The average molecular weight is 243 g/mol. The molecule has 0 unspecified atom stereocenters. The summed E-state index contributed by atoms with van der Waals surface area (Å²) in [5, 5.41) is 3.50. The van der Waals surface area contributed by atoms with E-state index in [-0.39, 0.29) is 0 Å². The lowest BCUT2D eigenvalue weighted by Crippen LogP contribution is -2.16. The Morgan fingerprint density at radius 1 is 0.471 bits per heavy atom. The maximum absolute atomic E-state index is 3.50. The Bertz CT molecular complexity index is 89.7. The highest BCUT2D eigenvalue weighted by molar-refractivity contribution is 4.49. The zero-order valence-corrected chi connectivity index (χ0v) is 13.0. The molecule has 0 aliphatic heterocycles. The summed E-state index contributed by atoms with van der Waals surface area (Å²) in [7, 11) is 0. The van der Waals surface area contributed by atoms with Gasteiger partial charge in [-0.2, -0.15) is 0 Å². The Kier molecular flexibility index (Phi) is 24.1. The van der Waals surface area contributed by atoms with Crippen molar-refractivity contribution in [3.63, 3.8) is 0 Å². The molecule has 0 aromatic rings. The van der Waals surface area contributed by atoms with Crippen LogP contribution in [0.25, 0.3) is 0 Å². The second-order valence-electron chi connectivity index (χ2n) is 4.87. The maximum Gasteiger partial charge on any atom is -0.00489 e. The minimum absolute atomic E-state index is 1.23. The van der Waals surface area contributed by atoms with Gasteiger partial charge in [0.2, 0.25) is 0 Å². The van der Waals surface area contributed by atoms with Gasteiger partial charge in [0, 0.05) is 0 Å². The van der Waals surface area contributed by atoms with Crippen LogP contribution in [0.2, 0.25) is 0 Å². The van der Waals surface area contributed by atoms with Gasteiger partial charge in [0.15, 0.2) is 0 Å². The molecule has 0 amide bonds. The molecule has 0 atom stereocenters. The minimum Gasteiger partial charge on any atom is -0.317 e. The van der Waals surface area contributed by atoms with E-state index < -0.39 is 0 Å². The number of unbranched alkanes of at least 4 members (excludes halogenated alkanes) is 7.